The second-order valence-corrected chi connectivity index (χ2v) is 9.48. The van der Waals surface area contributed by atoms with Crippen LogP contribution in [-0.2, 0) is 14.3 Å². The number of furan rings is 1. The van der Waals surface area contributed by atoms with Crippen LogP contribution < -0.4 is 0 Å². The fourth-order valence-electron chi connectivity index (χ4n) is 6.10. The lowest BCUT2D eigenvalue weighted by Crippen LogP contribution is -2.58. The van der Waals surface area contributed by atoms with Gasteiger partial charge in [-0.2, -0.15) is 0 Å². The van der Waals surface area contributed by atoms with Crippen molar-refractivity contribution in [1.29, 1.82) is 0 Å². The van der Waals surface area contributed by atoms with E-state index < -0.39 is 17.5 Å². The van der Waals surface area contributed by atoms with Gasteiger partial charge in [0.15, 0.2) is 0 Å². The second kappa shape index (κ2) is 8.15. The van der Waals surface area contributed by atoms with Gasteiger partial charge in [-0.15, -0.1) is 0 Å². The minimum absolute atomic E-state index is 0.0707. The zero-order valence-electron chi connectivity index (χ0n) is 18.1. The minimum Gasteiger partial charge on any atom is -0.457 e. The summed E-state index contributed by atoms with van der Waals surface area (Å²) in [6.07, 6.45) is 10.0. The lowest BCUT2D eigenvalue weighted by atomic mass is 9.46. The summed E-state index contributed by atoms with van der Waals surface area (Å²) < 4.78 is 15.9. The number of ether oxygens (including phenoxy) is 2. The van der Waals surface area contributed by atoms with E-state index in [4.69, 9.17) is 13.9 Å². The van der Waals surface area contributed by atoms with Crippen molar-refractivity contribution in [3.63, 3.8) is 0 Å². The monoisotopic (exact) mass is 426 g/mol. The minimum atomic E-state index is -0.576. The van der Waals surface area contributed by atoms with Crippen LogP contribution in [0.25, 0.3) is 0 Å². The molecule has 2 fully saturated rings. The third-order valence-electron chi connectivity index (χ3n) is 7.86. The summed E-state index contributed by atoms with van der Waals surface area (Å²) in [7, 11) is 0. The largest absolute Gasteiger partial charge is 0.457 e. The molecule has 0 unspecified atom stereocenters. The molecule has 1 aromatic heterocycles. The van der Waals surface area contributed by atoms with Crippen molar-refractivity contribution in [2.24, 2.45) is 22.7 Å². The van der Waals surface area contributed by atoms with Crippen molar-refractivity contribution in [1.82, 2.24) is 0 Å². The molecular weight excluding hydrogens is 396 g/mol. The van der Waals surface area contributed by atoms with Gasteiger partial charge in [-0.05, 0) is 67.6 Å². The van der Waals surface area contributed by atoms with E-state index >= 15 is 0 Å². The molecule has 1 aromatic rings. The molecule has 2 saturated carbocycles. The second-order valence-electron chi connectivity index (χ2n) is 9.48. The fourth-order valence-corrected chi connectivity index (χ4v) is 6.10. The van der Waals surface area contributed by atoms with Crippen LogP contribution >= 0.6 is 0 Å². The molecule has 2 aliphatic carbocycles. The van der Waals surface area contributed by atoms with Crippen LogP contribution in [0.3, 0.4) is 0 Å². The van der Waals surface area contributed by atoms with Gasteiger partial charge in [-0.25, -0.2) is 9.59 Å². The van der Waals surface area contributed by atoms with Crippen molar-refractivity contribution in [2.75, 3.05) is 6.61 Å². The maximum atomic E-state index is 12.5. The number of allylic oxidation sites excluding steroid dienone is 2. The van der Waals surface area contributed by atoms with E-state index in [1.807, 2.05) is 13.0 Å². The van der Waals surface area contributed by atoms with Gasteiger partial charge in [-0.1, -0.05) is 32.1 Å². The van der Waals surface area contributed by atoms with Gasteiger partial charge in [0.1, 0.15) is 6.10 Å². The van der Waals surface area contributed by atoms with Gasteiger partial charge in [0, 0.05) is 5.41 Å². The Morgan fingerprint density at radius 2 is 2.19 bits per heavy atom. The predicted octanol–water partition coefficient (Wildman–Crippen LogP) is 4.57. The van der Waals surface area contributed by atoms with Crippen LogP contribution in [0.2, 0.25) is 0 Å². The van der Waals surface area contributed by atoms with E-state index in [0.717, 1.165) is 19.3 Å². The van der Waals surface area contributed by atoms with Gasteiger partial charge in [0.2, 0.25) is 5.76 Å². The molecule has 166 valence electrons. The lowest BCUT2D eigenvalue weighted by molar-refractivity contribution is -0.154. The van der Waals surface area contributed by atoms with Crippen molar-refractivity contribution < 1.29 is 28.6 Å². The van der Waals surface area contributed by atoms with Crippen molar-refractivity contribution >= 4 is 11.9 Å². The number of fused-ring (bicyclic) bond motifs is 1. The van der Waals surface area contributed by atoms with Crippen LogP contribution in [0.4, 0.5) is 0 Å². The summed E-state index contributed by atoms with van der Waals surface area (Å²) in [6, 6.07) is 3.24. The third-order valence-corrected chi connectivity index (χ3v) is 7.86. The number of rotatable bonds is 5. The quantitative estimate of drug-likeness (QED) is 0.422. The Balaban J connectivity index is 1.58. The molecule has 0 amide bonds. The topological polar surface area (TPSA) is 86.0 Å². The fraction of sp³-hybridized carbons (Fsp3) is 0.520. The molecule has 0 aromatic carbocycles. The summed E-state index contributed by atoms with van der Waals surface area (Å²) in [5.74, 6) is -0.323. The Bertz CT molecular complexity index is 926. The first-order valence-electron chi connectivity index (χ1n) is 10.9. The molecule has 3 aliphatic rings. The maximum absolute atomic E-state index is 12.5. The Hall–Kier alpha value is -2.60. The predicted molar refractivity (Wildman–Crippen MR) is 114 cm³/mol. The van der Waals surface area contributed by atoms with E-state index in [9.17, 15) is 14.7 Å². The van der Waals surface area contributed by atoms with E-state index in [2.05, 4.69) is 13.5 Å². The average Bonchev–Trinajstić information content (AvgIpc) is 3.42. The van der Waals surface area contributed by atoms with E-state index in [1.165, 1.54) is 18.1 Å². The number of hydrogen-bond acceptors (Lipinski definition) is 6. The summed E-state index contributed by atoms with van der Waals surface area (Å²) in [5, 5.41) is 10.5. The summed E-state index contributed by atoms with van der Waals surface area (Å²) >= 11 is 0. The number of hydrogen-bond donors (Lipinski definition) is 1. The summed E-state index contributed by atoms with van der Waals surface area (Å²) in [4.78, 5) is 24.4. The highest BCUT2D eigenvalue weighted by Crippen LogP contribution is 2.62. The molecule has 0 saturated heterocycles. The van der Waals surface area contributed by atoms with Gasteiger partial charge in [0.05, 0.1) is 24.7 Å². The zero-order chi connectivity index (χ0) is 22.2. The molecule has 31 heavy (non-hydrogen) atoms. The van der Waals surface area contributed by atoms with E-state index in [0.29, 0.717) is 18.4 Å². The normalized spacial score (nSPS) is 36.4. The molecule has 4 rings (SSSR count). The van der Waals surface area contributed by atoms with Crippen LogP contribution in [0, 0.1) is 22.7 Å². The zero-order valence-corrected chi connectivity index (χ0v) is 18.1. The maximum Gasteiger partial charge on any atom is 0.374 e. The van der Waals surface area contributed by atoms with Gasteiger partial charge < -0.3 is 19.0 Å². The van der Waals surface area contributed by atoms with Gasteiger partial charge >= 0.3 is 11.9 Å². The summed E-state index contributed by atoms with van der Waals surface area (Å²) in [6.45, 7) is 8.56. The Kier molecular flexibility index (Phi) is 5.69. The SMILES string of the molecule is C=C1CC[C@@H]2[C@](C)(CO)[C@H](OC(=O)c3ccco3)CC[C@@]2(C)[C@@H]1C/C=C1\C=COC1=O. The molecule has 5 atom stereocenters. The average molecular weight is 427 g/mol. The summed E-state index contributed by atoms with van der Waals surface area (Å²) in [5.41, 5.74) is 1.05. The standard InChI is InChI=1S/C25H30O6/c1-16-6-9-20-24(2,18(16)8-7-17-11-14-30-22(17)27)12-10-21(25(20,3)15-26)31-23(28)19-5-4-13-29-19/h4-5,7,11,13-14,18,20-21,26H,1,6,8-10,12,15H2,2-3H3/b17-7+/t18-,20+,21-,24+,25+/m1/s1. The van der Waals surface area contributed by atoms with E-state index in [-0.39, 0.29) is 35.6 Å². The number of aliphatic hydroxyl groups excluding tert-OH is 1. The molecule has 6 heteroatoms. The number of esters is 2. The Labute approximate surface area is 182 Å². The highest BCUT2D eigenvalue weighted by Gasteiger charge is 2.58. The van der Waals surface area contributed by atoms with Crippen LogP contribution in [0.5, 0.6) is 0 Å². The highest BCUT2D eigenvalue weighted by molar-refractivity contribution is 5.94. The highest BCUT2D eigenvalue weighted by atomic mass is 16.6. The van der Waals surface area contributed by atoms with Crippen LogP contribution in [0.1, 0.15) is 56.5 Å². The first-order chi connectivity index (χ1) is 14.8. The van der Waals surface area contributed by atoms with Gasteiger partial charge in [0.25, 0.3) is 0 Å². The van der Waals surface area contributed by atoms with Crippen molar-refractivity contribution in [3.8, 4) is 0 Å². The van der Waals surface area contributed by atoms with Crippen molar-refractivity contribution in [3.05, 3.63) is 60.3 Å². The molecule has 0 bridgehead atoms. The van der Waals surface area contributed by atoms with Crippen LogP contribution in [0.15, 0.2) is 59.0 Å². The first kappa shape index (κ1) is 21.6. The Morgan fingerprint density at radius 1 is 1.39 bits per heavy atom. The Morgan fingerprint density at radius 3 is 2.84 bits per heavy atom. The first-order valence-corrected chi connectivity index (χ1v) is 10.9. The molecule has 6 nitrogen and oxygen atoms in total. The van der Waals surface area contributed by atoms with E-state index in [1.54, 1.807) is 18.2 Å². The number of carbonyl (C=O) groups excluding carboxylic acids is 2. The molecule has 1 N–H and O–H groups in total. The molecule has 2 heterocycles. The third kappa shape index (κ3) is 3.67. The lowest BCUT2D eigenvalue weighted by Gasteiger charge is -2.60. The molecule has 0 radical (unpaired) electrons. The number of cyclic esters (lactones) is 1. The van der Waals surface area contributed by atoms with Gasteiger partial charge in [-0.3, -0.25) is 0 Å². The van der Waals surface area contributed by atoms with Crippen molar-refractivity contribution in [2.45, 2.75) is 52.1 Å². The smallest absolute Gasteiger partial charge is 0.374 e. The number of carbonyl (C=O) groups is 2. The number of aliphatic hydroxyl groups is 1. The van der Waals surface area contributed by atoms with Crippen LogP contribution in [-0.4, -0.2) is 29.8 Å². The molecular formula is C25H30O6. The molecule has 1 aliphatic heterocycles. The molecule has 0 spiro atoms.